The molecule has 0 amide bonds. The number of nitrogen functional groups attached to an aromatic ring is 1. The molecule has 0 aliphatic rings. The van der Waals surface area contributed by atoms with Gasteiger partial charge in [0.2, 0.25) is 5.51 Å². The third-order valence-corrected chi connectivity index (χ3v) is 4.36. The van der Waals surface area contributed by atoms with Gasteiger partial charge in [0.25, 0.3) is 0 Å². The van der Waals surface area contributed by atoms with Gasteiger partial charge in [0.15, 0.2) is 12.2 Å². The molecule has 2 aromatic rings. The van der Waals surface area contributed by atoms with Crippen LogP contribution in [0.4, 0.5) is 5.82 Å². The molecule has 0 aliphatic carbocycles. The molecule has 2 rings (SSSR count). The Hall–Kier alpha value is -1.89. The number of anilines is 1. The number of thiazole rings is 1. The Labute approximate surface area is 168 Å². The highest BCUT2D eigenvalue weighted by molar-refractivity contribution is 7.09. The van der Waals surface area contributed by atoms with Crippen LogP contribution in [0.15, 0.2) is 11.7 Å². The van der Waals surface area contributed by atoms with Crippen molar-refractivity contribution in [1.82, 2.24) is 22.3 Å². The highest BCUT2D eigenvalue weighted by Crippen LogP contribution is 2.13. The number of nitrogens with zero attached hydrogens (tertiary/aromatic N) is 3. The van der Waals surface area contributed by atoms with Crippen molar-refractivity contribution in [2.24, 2.45) is 0 Å². The molecule has 1 unspecified atom stereocenters. The summed E-state index contributed by atoms with van der Waals surface area (Å²) >= 11 is 1.65. The summed E-state index contributed by atoms with van der Waals surface area (Å²) < 4.78 is 2.11. The Morgan fingerprint density at radius 1 is 1.37 bits per heavy atom. The van der Waals surface area contributed by atoms with Crippen LogP contribution in [-0.4, -0.2) is 44.0 Å². The van der Waals surface area contributed by atoms with Crippen LogP contribution in [-0.2, 0) is 17.8 Å². The molecule has 12 heteroatoms. The van der Waals surface area contributed by atoms with E-state index in [1.54, 1.807) is 17.5 Å². The number of nitrogens with two attached hydrogens (primary N) is 1. The summed E-state index contributed by atoms with van der Waals surface area (Å²) in [5, 5.41) is 24.7. The number of carboxylic acid groups (broad SMARTS) is 1. The van der Waals surface area contributed by atoms with Crippen LogP contribution in [0.5, 0.6) is 0 Å². The summed E-state index contributed by atoms with van der Waals surface area (Å²) in [6, 6.07) is 0. The van der Waals surface area contributed by atoms with Crippen molar-refractivity contribution >= 4 is 23.1 Å². The van der Waals surface area contributed by atoms with Crippen molar-refractivity contribution in [3.63, 3.8) is 0 Å². The van der Waals surface area contributed by atoms with Crippen LogP contribution in [0.2, 0.25) is 0 Å². The van der Waals surface area contributed by atoms with Crippen LogP contribution in [0, 0.1) is 13.8 Å². The number of rotatable bonds is 5. The van der Waals surface area contributed by atoms with Crippen molar-refractivity contribution in [3.8, 4) is 0 Å². The third-order valence-electron chi connectivity index (χ3n) is 3.21. The van der Waals surface area contributed by atoms with Crippen molar-refractivity contribution in [3.05, 3.63) is 33.7 Å². The van der Waals surface area contributed by atoms with E-state index in [1.165, 1.54) is 11.8 Å². The normalized spacial score (nSPS) is 10.3. The van der Waals surface area contributed by atoms with Gasteiger partial charge in [-0.25, -0.2) is 14.8 Å². The fourth-order valence-corrected chi connectivity index (χ4v) is 2.75. The van der Waals surface area contributed by atoms with E-state index in [1.807, 2.05) is 19.4 Å². The fourth-order valence-electron chi connectivity index (χ4n) is 1.77. The average Bonchev–Trinajstić information content (AvgIpc) is 2.84. The van der Waals surface area contributed by atoms with Crippen molar-refractivity contribution in [2.75, 3.05) is 12.3 Å². The molecule has 0 bridgehead atoms. The SMILES string of the molecule is CC(O)C(=O)O.Cc1ncc(C[n+]2csc(CCO)c2C)c(N)n1.N.N.[Cl-]. The molecule has 0 radical (unpaired) electrons. The van der Waals surface area contributed by atoms with Gasteiger partial charge in [-0.2, -0.15) is 4.57 Å². The smallest absolute Gasteiger partial charge is 0.332 e. The van der Waals surface area contributed by atoms with Crippen LogP contribution in [0.25, 0.3) is 0 Å². The molecule has 0 aliphatic heterocycles. The van der Waals surface area contributed by atoms with Gasteiger partial charge in [-0.1, -0.05) is 11.3 Å². The van der Waals surface area contributed by atoms with Gasteiger partial charge < -0.3 is 45.8 Å². The number of aliphatic carboxylic acids is 1. The maximum atomic E-state index is 9.45. The van der Waals surface area contributed by atoms with E-state index in [-0.39, 0.29) is 31.3 Å². The summed E-state index contributed by atoms with van der Waals surface area (Å²) in [4.78, 5) is 19.0. The molecule has 10 nitrogen and oxygen atoms in total. The second-order valence-electron chi connectivity index (χ2n) is 5.18. The van der Waals surface area contributed by atoms with Gasteiger partial charge >= 0.3 is 5.97 Å². The first-order valence-electron chi connectivity index (χ1n) is 7.32. The van der Waals surface area contributed by atoms with E-state index in [9.17, 15) is 4.79 Å². The Morgan fingerprint density at radius 2 is 1.93 bits per heavy atom. The Morgan fingerprint density at radius 3 is 2.37 bits per heavy atom. The first-order valence-corrected chi connectivity index (χ1v) is 8.20. The highest BCUT2D eigenvalue weighted by Gasteiger charge is 2.16. The molecule has 156 valence electrons. The van der Waals surface area contributed by atoms with Crippen molar-refractivity contribution < 1.29 is 37.1 Å². The number of aryl methyl sites for hydroxylation is 1. The maximum absolute atomic E-state index is 9.45. The number of halogens is 1. The maximum Gasteiger partial charge on any atom is 0.332 e. The first-order chi connectivity index (χ1) is 11.3. The molecule has 0 fully saturated rings. The lowest BCUT2D eigenvalue weighted by Crippen LogP contribution is -3.00. The minimum absolute atomic E-state index is 0. The summed E-state index contributed by atoms with van der Waals surface area (Å²) in [6.45, 7) is 5.91. The lowest BCUT2D eigenvalue weighted by atomic mass is 10.2. The summed E-state index contributed by atoms with van der Waals surface area (Å²) in [7, 11) is 0. The number of aliphatic hydroxyl groups excluding tert-OH is 2. The molecule has 11 N–H and O–H groups in total. The van der Waals surface area contributed by atoms with Crippen LogP contribution >= 0.6 is 11.3 Å². The molecular weight excluding hydrogens is 396 g/mol. The van der Waals surface area contributed by atoms with Gasteiger partial charge in [-0.05, 0) is 13.8 Å². The van der Waals surface area contributed by atoms with Crippen LogP contribution in [0.1, 0.15) is 28.9 Å². The van der Waals surface area contributed by atoms with E-state index >= 15 is 0 Å². The second-order valence-corrected chi connectivity index (χ2v) is 6.11. The highest BCUT2D eigenvalue weighted by atomic mass is 35.5. The zero-order valence-electron chi connectivity index (χ0n) is 15.7. The Bertz CT molecular complexity index is 699. The Balaban J connectivity index is -0.000000564. The lowest BCUT2D eigenvalue weighted by Gasteiger charge is -2.01. The van der Waals surface area contributed by atoms with Gasteiger partial charge in [0.1, 0.15) is 17.7 Å². The number of carboxylic acids is 1. The zero-order valence-corrected chi connectivity index (χ0v) is 17.3. The lowest BCUT2D eigenvalue weighted by molar-refractivity contribution is -0.689. The van der Waals surface area contributed by atoms with Crippen LogP contribution in [0.3, 0.4) is 0 Å². The molecule has 2 aromatic heterocycles. The molecule has 0 saturated heterocycles. The van der Waals surface area contributed by atoms with Crippen molar-refractivity contribution in [1.29, 1.82) is 0 Å². The monoisotopic (exact) mass is 424 g/mol. The van der Waals surface area contributed by atoms with Gasteiger partial charge in [0, 0.05) is 26.1 Å². The van der Waals surface area contributed by atoms with E-state index < -0.39 is 12.1 Å². The molecule has 0 saturated carbocycles. The van der Waals surface area contributed by atoms with Crippen LogP contribution < -0.4 is 35.0 Å². The predicted molar refractivity (Wildman–Crippen MR) is 99.7 cm³/mol. The number of hydrogen-bond donors (Lipinski definition) is 6. The fraction of sp³-hybridized carbons (Fsp3) is 0.467. The standard InChI is InChI=1S/C12H17N4OS.C3H6O3.ClH.2H3N/c1-8-11(3-4-17)18-7-16(8)6-10-5-14-9(2)15-12(10)13;1-2(4)3(5)6;;;/h5,7,17H,3-4,6H2,1-2H3,(H2,13,14,15);2,4H,1H3,(H,5,6);1H;2*1H3/q+1;;;;/p-1. The number of hydrogen-bond acceptors (Lipinski definition) is 9. The second kappa shape index (κ2) is 14.2. The molecule has 0 aromatic carbocycles. The minimum Gasteiger partial charge on any atom is -1.00 e. The topological polar surface area (TPSA) is 203 Å². The number of aromatic nitrogens is 3. The third kappa shape index (κ3) is 9.56. The molecule has 1 atom stereocenters. The van der Waals surface area contributed by atoms with E-state index in [0.717, 1.165) is 11.3 Å². The molecule has 27 heavy (non-hydrogen) atoms. The van der Waals surface area contributed by atoms with Gasteiger partial charge in [0.05, 0.1) is 10.4 Å². The van der Waals surface area contributed by atoms with Gasteiger partial charge in [-0.3, -0.25) is 0 Å². The van der Waals surface area contributed by atoms with E-state index in [4.69, 9.17) is 21.1 Å². The van der Waals surface area contributed by atoms with Crippen molar-refractivity contribution in [2.45, 2.75) is 39.8 Å². The van der Waals surface area contributed by atoms with E-state index in [0.29, 0.717) is 24.6 Å². The largest absolute Gasteiger partial charge is 1.00 e. The van der Waals surface area contributed by atoms with Gasteiger partial charge in [-0.15, -0.1) is 0 Å². The summed E-state index contributed by atoms with van der Waals surface area (Å²) in [5.74, 6) is 0.0311. The number of carbonyl (C=O) groups is 1. The predicted octanol–water partition coefficient (Wildman–Crippen LogP) is -2.61. The Kier molecular flexibility index (Phi) is 15.7. The zero-order chi connectivity index (χ0) is 18.3. The molecule has 0 spiro atoms. The average molecular weight is 425 g/mol. The molecular formula is C15H29ClN6O4S. The first kappa shape index (κ1) is 29.9. The quantitative estimate of drug-likeness (QED) is 0.277. The number of aliphatic hydroxyl groups is 2. The van der Waals surface area contributed by atoms with E-state index in [2.05, 4.69) is 14.5 Å². The molecule has 2 heterocycles. The summed E-state index contributed by atoms with van der Waals surface area (Å²) in [6.07, 6.45) is 1.24. The summed E-state index contributed by atoms with van der Waals surface area (Å²) in [5.41, 5.74) is 10.0. The minimum atomic E-state index is -1.23.